The Labute approximate surface area is 126 Å². The molecule has 1 heterocycles. The molecule has 1 N–H and O–H groups in total. The first-order chi connectivity index (χ1) is 9.70. The third-order valence-corrected chi connectivity index (χ3v) is 3.03. The van der Waals surface area contributed by atoms with Gasteiger partial charge in [-0.3, -0.25) is 4.79 Å². The van der Waals surface area contributed by atoms with Gasteiger partial charge in [0.15, 0.2) is 0 Å². The molecule has 0 fully saturated rings. The molecule has 0 unspecified atom stereocenters. The van der Waals surface area contributed by atoms with Gasteiger partial charge < -0.3 is 10.1 Å². The van der Waals surface area contributed by atoms with E-state index in [9.17, 15) is 4.79 Å². The molecule has 20 heavy (non-hydrogen) atoms. The van der Waals surface area contributed by atoms with Crippen molar-refractivity contribution in [3.8, 4) is 5.75 Å². The average Bonchev–Trinajstić information content (AvgIpc) is 2.48. The van der Waals surface area contributed by atoms with Crippen LogP contribution >= 0.6 is 15.9 Å². The Hall–Kier alpha value is -1.88. The van der Waals surface area contributed by atoms with Gasteiger partial charge in [-0.05, 0) is 42.8 Å². The SMILES string of the molecule is Cc1cccnc1NC(=O)c1ccc(OCCBr)cc1. The van der Waals surface area contributed by atoms with Crippen LogP contribution in [-0.2, 0) is 0 Å². The lowest BCUT2D eigenvalue weighted by Gasteiger charge is -2.08. The number of pyridine rings is 1. The van der Waals surface area contributed by atoms with E-state index in [1.807, 2.05) is 19.1 Å². The smallest absolute Gasteiger partial charge is 0.256 e. The van der Waals surface area contributed by atoms with Crippen molar-refractivity contribution in [3.05, 3.63) is 53.7 Å². The minimum absolute atomic E-state index is 0.182. The van der Waals surface area contributed by atoms with E-state index in [1.165, 1.54) is 0 Å². The minimum Gasteiger partial charge on any atom is -0.493 e. The van der Waals surface area contributed by atoms with Gasteiger partial charge in [0, 0.05) is 17.1 Å². The number of nitrogens with zero attached hydrogens (tertiary/aromatic N) is 1. The quantitative estimate of drug-likeness (QED) is 0.852. The van der Waals surface area contributed by atoms with Crippen LogP contribution in [0, 0.1) is 6.92 Å². The molecule has 104 valence electrons. The highest BCUT2D eigenvalue weighted by atomic mass is 79.9. The van der Waals surface area contributed by atoms with Crippen LogP contribution in [0.25, 0.3) is 0 Å². The molecule has 0 spiro atoms. The zero-order chi connectivity index (χ0) is 14.4. The van der Waals surface area contributed by atoms with E-state index in [-0.39, 0.29) is 5.91 Å². The summed E-state index contributed by atoms with van der Waals surface area (Å²) in [6.07, 6.45) is 1.65. The van der Waals surface area contributed by atoms with Crippen molar-refractivity contribution < 1.29 is 9.53 Å². The number of ether oxygens (including phenoxy) is 1. The molecule has 2 rings (SSSR count). The molecule has 0 bridgehead atoms. The molecule has 0 atom stereocenters. The third kappa shape index (κ3) is 3.81. The number of anilines is 1. The Kier molecular flexibility index (Phi) is 5.12. The number of aryl methyl sites for hydroxylation is 1. The molecule has 2 aromatic rings. The van der Waals surface area contributed by atoms with E-state index in [4.69, 9.17) is 4.74 Å². The van der Waals surface area contributed by atoms with E-state index < -0.39 is 0 Å². The second-order valence-corrected chi connectivity index (χ2v) is 4.98. The zero-order valence-electron chi connectivity index (χ0n) is 11.1. The van der Waals surface area contributed by atoms with Gasteiger partial charge >= 0.3 is 0 Å². The molecule has 1 aromatic carbocycles. The maximum Gasteiger partial charge on any atom is 0.256 e. The molecular weight excluding hydrogens is 320 g/mol. The second-order valence-electron chi connectivity index (χ2n) is 4.18. The number of benzene rings is 1. The summed E-state index contributed by atoms with van der Waals surface area (Å²) in [5.41, 5.74) is 1.50. The summed E-state index contributed by atoms with van der Waals surface area (Å²) in [6, 6.07) is 10.8. The van der Waals surface area contributed by atoms with Crippen molar-refractivity contribution in [1.82, 2.24) is 4.98 Å². The van der Waals surface area contributed by atoms with Gasteiger partial charge in [-0.1, -0.05) is 22.0 Å². The van der Waals surface area contributed by atoms with Gasteiger partial charge in [-0.25, -0.2) is 4.98 Å². The highest BCUT2D eigenvalue weighted by Crippen LogP contribution is 2.15. The number of rotatable bonds is 5. The van der Waals surface area contributed by atoms with Crippen molar-refractivity contribution in [1.29, 1.82) is 0 Å². The Balaban J connectivity index is 2.04. The Morgan fingerprint density at radius 3 is 2.70 bits per heavy atom. The normalized spacial score (nSPS) is 10.1. The van der Waals surface area contributed by atoms with Crippen LogP contribution in [0.4, 0.5) is 5.82 Å². The Morgan fingerprint density at radius 1 is 1.30 bits per heavy atom. The van der Waals surface area contributed by atoms with Gasteiger partial charge in [0.1, 0.15) is 11.6 Å². The van der Waals surface area contributed by atoms with Crippen molar-refractivity contribution in [2.75, 3.05) is 17.3 Å². The van der Waals surface area contributed by atoms with Gasteiger partial charge in [-0.2, -0.15) is 0 Å². The van der Waals surface area contributed by atoms with Crippen LogP contribution in [0.2, 0.25) is 0 Å². The van der Waals surface area contributed by atoms with E-state index in [0.717, 1.165) is 16.6 Å². The maximum atomic E-state index is 12.1. The fraction of sp³-hybridized carbons (Fsp3) is 0.200. The number of amides is 1. The van der Waals surface area contributed by atoms with E-state index in [2.05, 4.69) is 26.2 Å². The molecule has 1 amide bonds. The molecular formula is C15H15BrN2O2. The topological polar surface area (TPSA) is 51.2 Å². The monoisotopic (exact) mass is 334 g/mol. The molecule has 0 aliphatic rings. The lowest BCUT2D eigenvalue weighted by molar-refractivity contribution is 0.102. The number of carbonyl (C=O) groups excluding carboxylic acids is 1. The summed E-state index contributed by atoms with van der Waals surface area (Å²) in [5.74, 6) is 1.14. The van der Waals surface area contributed by atoms with Gasteiger partial charge in [0.25, 0.3) is 5.91 Å². The van der Waals surface area contributed by atoms with Crippen molar-refractivity contribution in [2.24, 2.45) is 0 Å². The molecule has 0 aliphatic heterocycles. The van der Waals surface area contributed by atoms with Gasteiger partial charge in [-0.15, -0.1) is 0 Å². The maximum absolute atomic E-state index is 12.1. The lowest BCUT2D eigenvalue weighted by atomic mass is 10.2. The van der Waals surface area contributed by atoms with Crippen molar-refractivity contribution in [3.63, 3.8) is 0 Å². The lowest BCUT2D eigenvalue weighted by Crippen LogP contribution is -2.13. The fourth-order valence-corrected chi connectivity index (χ4v) is 1.82. The Bertz CT molecular complexity index is 585. The molecule has 0 saturated carbocycles. The third-order valence-electron chi connectivity index (χ3n) is 2.70. The summed E-state index contributed by atoms with van der Waals surface area (Å²) in [6.45, 7) is 2.50. The number of nitrogens with one attached hydrogen (secondary N) is 1. The number of hydrogen-bond donors (Lipinski definition) is 1. The summed E-state index contributed by atoms with van der Waals surface area (Å²) in [7, 11) is 0. The highest BCUT2D eigenvalue weighted by Gasteiger charge is 2.08. The summed E-state index contributed by atoms with van der Waals surface area (Å²) >= 11 is 3.29. The average molecular weight is 335 g/mol. The molecule has 0 saturated heterocycles. The van der Waals surface area contributed by atoms with Crippen molar-refractivity contribution >= 4 is 27.7 Å². The number of aromatic nitrogens is 1. The number of halogens is 1. The largest absolute Gasteiger partial charge is 0.493 e. The van der Waals surface area contributed by atoms with Crippen LogP contribution < -0.4 is 10.1 Å². The highest BCUT2D eigenvalue weighted by molar-refractivity contribution is 9.09. The first kappa shape index (κ1) is 14.5. The van der Waals surface area contributed by atoms with E-state index >= 15 is 0 Å². The van der Waals surface area contributed by atoms with Crippen LogP contribution in [-0.4, -0.2) is 22.8 Å². The van der Waals surface area contributed by atoms with Crippen LogP contribution in [0.15, 0.2) is 42.6 Å². The predicted octanol–water partition coefficient (Wildman–Crippen LogP) is 3.42. The van der Waals surface area contributed by atoms with Gasteiger partial charge in [0.05, 0.1) is 6.61 Å². The first-order valence-electron chi connectivity index (χ1n) is 6.22. The standard InChI is InChI=1S/C15H15BrN2O2/c1-11-3-2-9-17-14(11)18-15(19)12-4-6-13(7-5-12)20-10-8-16/h2-7,9H,8,10H2,1H3,(H,17,18,19). The number of alkyl halides is 1. The van der Waals surface area contributed by atoms with Crippen LogP contribution in [0.3, 0.4) is 0 Å². The molecule has 5 heteroatoms. The summed E-state index contributed by atoms with van der Waals surface area (Å²) < 4.78 is 5.44. The number of hydrogen-bond acceptors (Lipinski definition) is 3. The Morgan fingerprint density at radius 2 is 2.05 bits per heavy atom. The molecule has 1 aromatic heterocycles. The molecule has 4 nitrogen and oxygen atoms in total. The number of carbonyl (C=O) groups is 1. The van der Waals surface area contributed by atoms with Crippen molar-refractivity contribution in [2.45, 2.75) is 6.92 Å². The van der Waals surface area contributed by atoms with Crippen LogP contribution in [0.5, 0.6) is 5.75 Å². The fourth-order valence-electron chi connectivity index (χ4n) is 1.66. The van der Waals surface area contributed by atoms with E-state index in [0.29, 0.717) is 18.0 Å². The minimum atomic E-state index is -0.182. The predicted molar refractivity (Wildman–Crippen MR) is 82.7 cm³/mol. The summed E-state index contributed by atoms with van der Waals surface area (Å²) in [5, 5.41) is 3.56. The van der Waals surface area contributed by atoms with E-state index in [1.54, 1.807) is 30.5 Å². The summed E-state index contributed by atoms with van der Waals surface area (Å²) in [4.78, 5) is 16.2. The second kappa shape index (κ2) is 7.05. The first-order valence-corrected chi connectivity index (χ1v) is 7.34. The molecule has 0 radical (unpaired) electrons. The van der Waals surface area contributed by atoms with Gasteiger partial charge in [0.2, 0.25) is 0 Å². The van der Waals surface area contributed by atoms with Crippen LogP contribution in [0.1, 0.15) is 15.9 Å². The molecule has 0 aliphatic carbocycles. The zero-order valence-corrected chi connectivity index (χ0v) is 12.7.